The normalized spacial score (nSPS) is 12.4. The molecule has 0 aliphatic carbocycles. The summed E-state index contributed by atoms with van der Waals surface area (Å²) in [6.07, 6.45) is 0. The molecule has 0 aliphatic rings. The van der Waals surface area contributed by atoms with Crippen molar-refractivity contribution < 1.29 is 0 Å². The average Bonchev–Trinajstić information content (AvgIpc) is 3.17. The highest BCUT2D eigenvalue weighted by atomic mass is 35.5. The molecule has 1 aromatic heterocycles. The van der Waals surface area contributed by atoms with Crippen LogP contribution in [0.1, 0.15) is 52.7 Å². The topological polar surface area (TPSA) is 3.24 Å². The van der Waals surface area contributed by atoms with Crippen molar-refractivity contribution in [3.05, 3.63) is 101 Å². The summed E-state index contributed by atoms with van der Waals surface area (Å²) in [4.78, 5) is 2.35. The lowest BCUT2D eigenvalue weighted by Gasteiger charge is -2.29. The van der Waals surface area contributed by atoms with Gasteiger partial charge in [0.05, 0.1) is 5.69 Å². The van der Waals surface area contributed by atoms with Gasteiger partial charge in [-0.2, -0.15) is 0 Å². The molecule has 178 valence electrons. The summed E-state index contributed by atoms with van der Waals surface area (Å²) in [6.45, 7) is 13.5. The van der Waals surface area contributed by atoms with Gasteiger partial charge in [-0.3, -0.25) is 0 Å². The Labute approximate surface area is 218 Å². The van der Waals surface area contributed by atoms with Crippen molar-refractivity contribution in [3.63, 3.8) is 0 Å². The quantitative estimate of drug-likeness (QED) is 0.239. The van der Waals surface area contributed by atoms with E-state index in [1.54, 1.807) is 11.3 Å². The Morgan fingerprint density at radius 2 is 1.14 bits per heavy atom. The van der Waals surface area contributed by atoms with E-state index in [1.165, 1.54) is 31.3 Å². The van der Waals surface area contributed by atoms with Crippen LogP contribution in [0.25, 0.3) is 20.2 Å². The van der Waals surface area contributed by atoms with E-state index in [0.717, 1.165) is 22.1 Å². The molecular weight excluding hydrogens is 466 g/mol. The van der Waals surface area contributed by atoms with Crippen LogP contribution in [-0.4, -0.2) is 0 Å². The first-order chi connectivity index (χ1) is 16.5. The van der Waals surface area contributed by atoms with Gasteiger partial charge < -0.3 is 4.90 Å². The van der Waals surface area contributed by atoms with Crippen LogP contribution in [-0.2, 0) is 10.8 Å². The summed E-state index contributed by atoms with van der Waals surface area (Å²) in [6, 6.07) is 30.8. The van der Waals surface area contributed by atoms with Gasteiger partial charge in [0, 0.05) is 36.6 Å². The molecule has 0 unspecified atom stereocenters. The van der Waals surface area contributed by atoms with Crippen LogP contribution in [0.15, 0.2) is 84.9 Å². The smallest absolute Gasteiger partial charge is 0.0569 e. The van der Waals surface area contributed by atoms with E-state index in [0.29, 0.717) is 0 Å². The fourth-order valence-corrected chi connectivity index (χ4v) is 6.07. The lowest BCUT2D eigenvalue weighted by atomic mass is 9.86. The number of hydrogen-bond donors (Lipinski definition) is 0. The van der Waals surface area contributed by atoms with Crippen LogP contribution < -0.4 is 4.90 Å². The second-order valence-electron chi connectivity index (χ2n) is 11.3. The Balaban J connectivity index is 1.77. The van der Waals surface area contributed by atoms with Crippen LogP contribution in [0.4, 0.5) is 17.1 Å². The van der Waals surface area contributed by atoms with Crippen molar-refractivity contribution >= 4 is 60.2 Å². The van der Waals surface area contributed by atoms with Gasteiger partial charge in [-0.25, -0.2) is 0 Å². The van der Waals surface area contributed by atoms with Gasteiger partial charge in [-0.1, -0.05) is 95.6 Å². The van der Waals surface area contributed by atoms with Gasteiger partial charge in [0.25, 0.3) is 0 Å². The zero-order chi connectivity index (χ0) is 25.0. The minimum absolute atomic E-state index is 0.102. The number of thiophene rings is 1. The molecule has 1 nitrogen and oxygen atoms in total. The number of benzene rings is 4. The van der Waals surface area contributed by atoms with Gasteiger partial charge in [0.15, 0.2) is 0 Å². The maximum absolute atomic E-state index is 6.72. The molecule has 0 saturated carbocycles. The maximum Gasteiger partial charge on any atom is 0.0569 e. The minimum Gasteiger partial charge on any atom is -0.310 e. The van der Waals surface area contributed by atoms with Crippen molar-refractivity contribution in [1.82, 2.24) is 0 Å². The standard InChI is InChI=1S/C32H32ClNS/c1-31(2,3)21-11-15-24(16-12-21)34(25-17-13-22(14-18-25)32(4,5)6)27-19-23(33)20-29-30(27)26-9-7-8-10-28(26)35-29/h7-20H,1-6H3. The van der Waals surface area contributed by atoms with Crippen LogP contribution in [0.2, 0.25) is 5.02 Å². The van der Waals surface area contributed by atoms with E-state index in [9.17, 15) is 0 Å². The van der Waals surface area contributed by atoms with Crippen molar-refractivity contribution in [2.45, 2.75) is 52.4 Å². The first-order valence-corrected chi connectivity index (χ1v) is 13.3. The highest BCUT2D eigenvalue weighted by Gasteiger charge is 2.21. The van der Waals surface area contributed by atoms with Crippen molar-refractivity contribution in [2.75, 3.05) is 4.90 Å². The molecule has 0 amide bonds. The summed E-state index contributed by atoms with van der Waals surface area (Å²) < 4.78 is 2.48. The average molecular weight is 498 g/mol. The van der Waals surface area contributed by atoms with Gasteiger partial charge in [0.1, 0.15) is 0 Å². The number of nitrogens with zero attached hydrogens (tertiary/aromatic N) is 1. The molecule has 0 aliphatic heterocycles. The molecule has 0 radical (unpaired) electrons. The predicted molar refractivity (Wildman–Crippen MR) is 156 cm³/mol. The molecule has 3 heteroatoms. The molecule has 0 spiro atoms. The van der Waals surface area contributed by atoms with Crippen LogP contribution in [0.3, 0.4) is 0 Å². The number of halogens is 1. The summed E-state index contributed by atoms with van der Waals surface area (Å²) >= 11 is 8.52. The molecule has 0 fully saturated rings. The predicted octanol–water partition coefficient (Wildman–Crippen LogP) is 10.8. The highest BCUT2D eigenvalue weighted by molar-refractivity contribution is 7.26. The Hall–Kier alpha value is -2.81. The van der Waals surface area contributed by atoms with Crippen LogP contribution in [0, 0.1) is 0 Å². The summed E-state index contributed by atoms with van der Waals surface area (Å²) in [7, 11) is 0. The fourth-order valence-electron chi connectivity index (χ4n) is 4.62. The molecule has 0 bridgehead atoms. The second-order valence-corrected chi connectivity index (χ2v) is 12.8. The molecule has 5 rings (SSSR count). The number of fused-ring (bicyclic) bond motifs is 3. The molecule has 1 heterocycles. The van der Waals surface area contributed by atoms with Crippen molar-refractivity contribution in [2.24, 2.45) is 0 Å². The van der Waals surface area contributed by atoms with E-state index >= 15 is 0 Å². The third-order valence-electron chi connectivity index (χ3n) is 6.65. The van der Waals surface area contributed by atoms with E-state index in [2.05, 4.69) is 131 Å². The lowest BCUT2D eigenvalue weighted by molar-refractivity contribution is 0.590. The van der Waals surface area contributed by atoms with E-state index < -0.39 is 0 Å². The fraction of sp³-hybridized carbons (Fsp3) is 0.250. The van der Waals surface area contributed by atoms with Gasteiger partial charge in [0.2, 0.25) is 0 Å². The summed E-state index contributed by atoms with van der Waals surface area (Å²) in [5.41, 5.74) is 6.20. The maximum atomic E-state index is 6.72. The van der Waals surface area contributed by atoms with Crippen molar-refractivity contribution in [3.8, 4) is 0 Å². The van der Waals surface area contributed by atoms with Gasteiger partial charge in [-0.05, 0) is 64.4 Å². The lowest BCUT2D eigenvalue weighted by Crippen LogP contribution is -2.14. The molecule has 0 atom stereocenters. The largest absolute Gasteiger partial charge is 0.310 e. The molecule has 35 heavy (non-hydrogen) atoms. The first kappa shape index (κ1) is 23.9. The monoisotopic (exact) mass is 497 g/mol. The van der Waals surface area contributed by atoms with E-state index in [4.69, 9.17) is 11.6 Å². The Morgan fingerprint density at radius 1 is 0.629 bits per heavy atom. The Kier molecular flexibility index (Phi) is 5.94. The third kappa shape index (κ3) is 4.58. The van der Waals surface area contributed by atoms with Crippen molar-refractivity contribution in [1.29, 1.82) is 0 Å². The highest BCUT2D eigenvalue weighted by Crippen LogP contribution is 2.46. The molecule has 0 N–H and O–H groups in total. The Morgan fingerprint density at radius 3 is 1.66 bits per heavy atom. The van der Waals surface area contributed by atoms with Gasteiger partial charge in [-0.15, -0.1) is 11.3 Å². The molecule has 0 saturated heterocycles. The molecule has 4 aromatic carbocycles. The summed E-state index contributed by atoms with van der Waals surface area (Å²) in [5.74, 6) is 0. The number of rotatable bonds is 3. The molecular formula is C32H32ClNS. The van der Waals surface area contributed by atoms with Crippen LogP contribution in [0.5, 0.6) is 0 Å². The summed E-state index contributed by atoms with van der Waals surface area (Å²) in [5, 5.41) is 3.26. The third-order valence-corrected chi connectivity index (χ3v) is 7.98. The number of hydrogen-bond acceptors (Lipinski definition) is 2. The van der Waals surface area contributed by atoms with E-state index in [1.807, 2.05) is 0 Å². The Bertz CT molecular complexity index is 1440. The zero-order valence-corrected chi connectivity index (χ0v) is 22.9. The minimum atomic E-state index is 0.102. The SMILES string of the molecule is CC(C)(C)c1ccc(N(c2ccc(C(C)(C)C)cc2)c2cc(Cl)cc3sc4ccccc4c23)cc1. The van der Waals surface area contributed by atoms with E-state index in [-0.39, 0.29) is 10.8 Å². The first-order valence-electron chi connectivity index (χ1n) is 12.1. The van der Waals surface area contributed by atoms with Crippen LogP contribution >= 0.6 is 22.9 Å². The molecule has 5 aromatic rings. The van der Waals surface area contributed by atoms with Gasteiger partial charge >= 0.3 is 0 Å². The zero-order valence-electron chi connectivity index (χ0n) is 21.3. The second kappa shape index (κ2) is 8.69. The number of anilines is 3.